The number of carbonyl (C=O) groups is 1. The number of unbranched alkanes of at least 4 members (excludes halogenated alkanes) is 14. The van der Waals surface area contributed by atoms with Crippen molar-refractivity contribution >= 4 is 5.97 Å². The Kier molecular flexibility index (Phi) is 36.1. The van der Waals surface area contributed by atoms with Crippen LogP contribution in [0.1, 0.15) is 162 Å². The summed E-state index contributed by atoms with van der Waals surface area (Å²) in [5, 5.41) is 40.1. The summed E-state index contributed by atoms with van der Waals surface area (Å²) in [6.45, 7) is 4.35. The van der Waals surface area contributed by atoms with Gasteiger partial charge < -0.3 is 39.4 Å². The molecule has 1 aliphatic heterocycles. The molecule has 9 nitrogen and oxygen atoms in total. The van der Waals surface area contributed by atoms with Gasteiger partial charge in [0.05, 0.1) is 19.8 Å². The molecule has 9 heteroatoms. The minimum absolute atomic E-state index is 0.128. The first kappa shape index (κ1) is 52.6. The molecule has 0 aromatic rings. The highest BCUT2D eigenvalue weighted by molar-refractivity contribution is 5.69. The van der Waals surface area contributed by atoms with E-state index in [1.54, 1.807) is 0 Å². The standard InChI is InChI=1S/C48H82O9/c1-3-5-7-9-11-13-15-17-19-20-21-22-23-25-27-29-31-33-35-37-44(50)56-42(41-55-48-47(53)46(52)45(51)43(39-49)57-48)40-54-38-36-34-32-30-28-26-24-18-16-14-12-10-8-6-4-2/h5,7,10-13,16-19,21-22,42-43,45-49,51-53H,3-4,6,8-9,14-15,20,23-41H2,1-2H3/b7-5-,12-10-,13-11-,18-16-,19-17-,22-21-. The Morgan fingerprint density at radius 3 is 1.61 bits per heavy atom. The average Bonchev–Trinajstić information content (AvgIpc) is 3.21. The molecule has 57 heavy (non-hydrogen) atoms. The third-order valence-corrected chi connectivity index (χ3v) is 9.86. The maximum atomic E-state index is 12.8. The van der Waals surface area contributed by atoms with Crippen molar-refractivity contribution in [3.05, 3.63) is 72.9 Å². The predicted molar refractivity (Wildman–Crippen MR) is 233 cm³/mol. The van der Waals surface area contributed by atoms with Gasteiger partial charge in [-0.15, -0.1) is 0 Å². The van der Waals surface area contributed by atoms with Crippen LogP contribution in [0.2, 0.25) is 0 Å². The Balaban J connectivity index is 2.29. The van der Waals surface area contributed by atoms with E-state index in [1.165, 1.54) is 51.4 Å². The third-order valence-electron chi connectivity index (χ3n) is 9.86. The molecule has 6 atom stereocenters. The molecule has 0 aromatic carbocycles. The molecule has 1 heterocycles. The number of rotatable bonds is 37. The van der Waals surface area contributed by atoms with E-state index >= 15 is 0 Å². The fourth-order valence-corrected chi connectivity index (χ4v) is 6.32. The molecule has 6 unspecified atom stereocenters. The van der Waals surface area contributed by atoms with Gasteiger partial charge in [-0.25, -0.2) is 0 Å². The van der Waals surface area contributed by atoms with Crippen LogP contribution < -0.4 is 0 Å². The van der Waals surface area contributed by atoms with Crippen molar-refractivity contribution in [3.63, 3.8) is 0 Å². The van der Waals surface area contributed by atoms with Crippen molar-refractivity contribution in [1.82, 2.24) is 0 Å². The van der Waals surface area contributed by atoms with Crippen molar-refractivity contribution < 1.29 is 44.2 Å². The maximum Gasteiger partial charge on any atom is 0.306 e. The summed E-state index contributed by atoms with van der Waals surface area (Å²) in [5.41, 5.74) is 0. The molecular weight excluding hydrogens is 721 g/mol. The van der Waals surface area contributed by atoms with E-state index in [1.807, 2.05) is 0 Å². The molecule has 1 saturated heterocycles. The van der Waals surface area contributed by atoms with Crippen LogP contribution in [0.3, 0.4) is 0 Å². The zero-order valence-corrected chi connectivity index (χ0v) is 35.8. The number of aliphatic hydroxyl groups excluding tert-OH is 4. The van der Waals surface area contributed by atoms with E-state index in [4.69, 9.17) is 18.9 Å². The molecule has 4 N–H and O–H groups in total. The summed E-state index contributed by atoms with van der Waals surface area (Å²) in [7, 11) is 0. The van der Waals surface area contributed by atoms with Crippen LogP contribution in [0.15, 0.2) is 72.9 Å². The molecule has 0 spiro atoms. The van der Waals surface area contributed by atoms with E-state index in [2.05, 4.69) is 86.8 Å². The Morgan fingerprint density at radius 2 is 1.07 bits per heavy atom. The number of allylic oxidation sites excluding steroid dienone is 12. The monoisotopic (exact) mass is 803 g/mol. The Labute approximate surface area is 347 Å². The van der Waals surface area contributed by atoms with Crippen molar-refractivity contribution in [3.8, 4) is 0 Å². The van der Waals surface area contributed by atoms with Crippen molar-refractivity contribution in [1.29, 1.82) is 0 Å². The fourth-order valence-electron chi connectivity index (χ4n) is 6.32. The van der Waals surface area contributed by atoms with Gasteiger partial charge in [-0.05, 0) is 77.0 Å². The Morgan fingerprint density at radius 1 is 0.579 bits per heavy atom. The third kappa shape index (κ3) is 30.4. The van der Waals surface area contributed by atoms with Gasteiger partial charge in [0.25, 0.3) is 0 Å². The highest BCUT2D eigenvalue weighted by atomic mass is 16.7. The number of carbonyl (C=O) groups excluding carboxylic acids is 1. The van der Waals surface area contributed by atoms with Gasteiger partial charge in [-0.1, -0.05) is 151 Å². The normalized spacial score (nSPS) is 21.1. The Hall–Kier alpha value is -2.37. The van der Waals surface area contributed by atoms with E-state index in [0.29, 0.717) is 13.0 Å². The van der Waals surface area contributed by atoms with Crippen LogP contribution >= 0.6 is 0 Å². The van der Waals surface area contributed by atoms with Crippen LogP contribution in [-0.4, -0.2) is 89.6 Å². The summed E-state index contributed by atoms with van der Waals surface area (Å²) < 4.78 is 22.8. The molecule has 0 amide bonds. The number of esters is 1. The molecule has 0 bridgehead atoms. The van der Waals surface area contributed by atoms with Gasteiger partial charge >= 0.3 is 5.97 Å². The SMILES string of the molecule is CC/C=C\C/C=C\C/C=C\C/C=C\CCCCCCCCC(=O)OC(COCCCCCCCC/C=C\C/C=C\CCCC)COC1OC(CO)C(O)C(O)C1O. The molecule has 1 fully saturated rings. The lowest BCUT2D eigenvalue weighted by Crippen LogP contribution is -2.59. The van der Waals surface area contributed by atoms with Crippen LogP contribution in [0.5, 0.6) is 0 Å². The smallest absolute Gasteiger partial charge is 0.306 e. The minimum Gasteiger partial charge on any atom is -0.457 e. The van der Waals surface area contributed by atoms with E-state index in [-0.39, 0.29) is 19.2 Å². The number of aliphatic hydroxyl groups is 4. The van der Waals surface area contributed by atoms with Gasteiger partial charge in [0.2, 0.25) is 0 Å². The summed E-state index contributed by atoms with van der Waals surface area (Å²) in [6.07, 6.45) is 43.5. The lowest BCUT2D eigenvalue weighted by atomic mass is 9.99. The highest BCUT2D eigenvalue weighted by Gasteiger charge is 2.44. The van der Waals surface area contributed by atoms with Gasteiger partial charge in [-0.3, -0.25) is 4.79 Å². The first-order valence-corrected chi connectivity index (χ1v) is 22.5. The molecule has 0 saturated carbocycles. The largest absolute Gasteiger partial charge is 0.457 e. The van der Waals surface area contributed by atoms with Crippen molar-refractivity contribution in [2.75, 3.05) is 26.4 Å². The fraction of sp³-hybridized carbons (Fsp3) is 0.729. The van der Waals surface area contributed by atoms with Crippen LogP contribution in [0.4, 0.5) is 0 Å². The van der Waals surface area contributed by atoms with Gasteiger partial charge in [0, 0.05) is 13.0 Å². The van der Waals surface area contributed by atoms with Crippen molar-refractivity contribution in [2.24, 2.45) is 0 Å². The molecule has 0 aromatic heterocycles. The predicted octanol–water partition coefficient (Wildman–Crippen LogP) is 10.1. The molecule has 1 rings (SSSR count). The lowest BCUT2D eigenvalue weighted by molar-refractivity contribution is -0.305. The quantitative estimate of drug-likeness (QED) is 0.0275. The van der Waals surface area contributed by atoms with E-state index in [0.717, 1.165) is 89.9 Å². The van der Waals surface area contributed by atoms with Gasteiger partial charge in [0.15, 0.2) is 6.29 Å². The Bertz CT molecular complexity index is 1100. The van der Waals surface area contributed by atoms with E-state index < -0.39 is 43.4 Å². The van der Waals surface area contributed by atoms with Crippen LogP contribution in [0.25, 0.3) is 0 Å². The van der Waals surface area contributed by atoms with Crippen LogP contribution in [0, 0.1) is 0 Å². The molecule has 328 valence electrons. The summed E-state index contributed by atoms with van der Waals surface area (Å²) in [4.78, 5) is 12.8. The van der Waals surface area contributed by atoms with E-state index in [9.17, 15) is 25.2 Å². The summed E-state index contributed by atoms with van der Waals surface area (Å²) >= 11 is 0. The second kappa shape index (κ2) is 39.1. The topological polar surface area (TPSA) is 135 Å². The first-order chi connectivity index (χ1) is 27.9. The van der Waals surface area contributed by atoms with Crippen molar-refractivity contribution in [2.45, 2.75) is 198 Å². The maximum absolute atomic E-state index is 12.8. The number of hydrogen-bond donors (Lipinski definition) is 4. The minimum atomic E-state index is -1.54. The second-order valence-electron chi connectivity index (χ2n) is 15.1. The number of hydrogen-bond acceptors (Lipinski definition) is 9. The number of ether oxygens (including phenoxy) is 4. The summed E-state index contributed by atoms with van der Waals surface area (Å²) in [6, 6.07) is 0. The molecule has 1 aliphatic rings. The zero-order valence-electron chi connectivity index (χ0n) is 35.8. The van der Waals surface area contributed by atoms with Crippen LogP contribution in [-0.2, 0) is 23.7 Å². The lowest BCUT2D eigenvalue weighted by Gasteiger charge is -2.39. The zero-order chi connectivity index (χ0) is 41.4. The average molecular weight is 803 g/mol. The molecular formula is C48H82O9. The second-order valence-corrected chi connectivity index (χ2v) is 15.1. The highest BCUT2D eigenvalue weighted by Crippen LogP contribution is 2.22. The molecule has 0 radical (unpaired) electrons. The van der Waals surface area contributed by atoms with Gasteiger partial charge in [-0.2, -0.15) is 0 Å². The molecule has 0 aliphatic carbocycles. The van der Waals surface area contributed by atoms with Gasteiger partial charge in [0.1, 0.15) is 30.5 Å². The first-order valence-electron chi connectivity index (χ1n) is 22.5. The summed E-state index contributed by atoms with van der Waals surface area (Å²) in [5.74, 6) is -0.335.